The first kappa shape index (κ1) is 23.1. The van der Waals surface area contributed by atoms with Crippen molar-refractivity contribution in [3.05, 3.63) is 67.3 Å². The second-order valence-corrected chi connectivity index (χ2v) is 8.75. The Balaban J connectivity index is 1.85. The molecule has 1 N–H and O–H groups in total. The van der Waals surface area contributed by atoms with E-state index in [4.69, 9.17) is 9.47 Å². The number of nitrogens with zero attached hydrogens (tertiary/aromatic N) is 3. The first-order valence-electron chi connectivity index (χ1n) is 10.4. The summed E-state index contributed by atoms with van der Waals surface area (Å²) < 4.78 is 14.1. The van der Waals surface area contributed by atoms with Crippen molar-refractivity contribution in [2.75, 3.05) is 33.9 Å². The number of aliphatic hydroxyl groups is 1. The summed E-state index contributed by atoms with van der Waals surface area (Å²) in [7, 11) is 3.06. The minimum Gasteiger partial charge on any atom is -0.493 e. The number of aliphatic hydroxyl groups excluding tert-OH is 1. The fraction of sp³-hybridized carbons (Fsp3) is 0.348. The van der Waals surface area contributed by atoms with Gasteiger partial charge in [0.05, 0.1) is 37.7 Å². The van der Waals surface area contributed by atoms with Crippen molar-refractivity contribution in [2.24, 2.45) is 0 Å². The third-order valence-corrected chi connectivity index (χ3v) is 6.43. The van der Waals surface area contributed by atoms with Crippen LogP contribution in [-0.2, 0) is 11.3 Å². The molecule has 10 heteroatoms. The van der Waals surface area contributed by atoms with Crippen LogP contribution < -0.4 is 20.7 Å². The first-order chi connectivity index (χ1) is 15.9. The van der Waals surface area contributed by atoms with Crippen LogP contribution in [-0.4, -0.2) is 59.0 Å². The topological polar surface area (TPSA) is 103 Å². The van der Waals surface area contributed by atoms with E-state index in [1.165, 1.54) is 23.7 Å². The number of fused-ring (bicyclic) bond motifs is 1. The number of amides is 1. The number of likely N-dealkylation sites (tertiary alicyclic amines) is 1. The number of rotatable bonds is 6. The number of aromatic nitrogens is 2. The van der Waals surface area contributed by atoms with Gasteiger partial charge in [-0.05, 0) is 42.3 Å². The lowest BCUT2D eigenvalue weighted by Gasteiger charge is -2.20. The Morgan fingerprint density at radius 3 is 2.58 bits per heavy atom. The predicted octanol–water partition coefficient (Wildman–Crippen LogP) is 1.76. The summed E-state index contributed by atoms with van der Waals surface area (Å²) in [6.45, 7) is 0.197. The first-order valence-corrected chi connectivity index (χ1v) is 11.2. The summed E-state index contributed by atoms with van der Waals surface area (Å²) in [5.41, 5.74) is 0.368. The fourth-order valence-corrected chi connectivity index (χ4v) is 4.65. The molecule has 4 rings (SSSR count). The third kappa shape index (κ3) is 4.28. The molecule has 1 aromatic heterocycles. The molecular weight excluding hydrogens is 494 g/mol. The molecule has 0 radical (unpaired) electrons. The molecule has 174 valence electrons. The van der Waals surface area contributed by atoms with E-state index >= 15 is 0 Å². The molecule has 1 atom stereocenters. The molecule has 0 spiro atoms. The van der Waals surface area contributed by atoms with E-state index in [1.54, 1.807) is 41.0 Å². The van der Waals surface area contributed by atoms with Crippen LogP contribution in [0.2, 0.25) is 0 Å². The standard InChI is InChI=1S/C23H24BrN3O6/c1-32-19-6-3-14(9-20(19)33-2)11-26-22(30)17-10-15(24)4-5-18(17)27(23(26)31)16-7-8-25(12-16)21(29)13-28/h3-6,9-10,16,28H,7-8,11-13H2,1-2H3. The maximum Gasteiger partial charge on any atom is 0.332 e. The zero-order chi connectivity index (χ0) is 23.7. The van der Waals surface area contributed by atoms with Crippen LogP contribution in [0.15, 0.2) is 50.5 Å². The summed E-state index contributed by atoms with van der Waals surface area (Å²) in [5.74, 6) is 0.671. The zero-order valence-corrected chi connectivity index (χ0v) is 19.9. The summed E-state index contributed by atoms with van der Waals surface area (Å²) in [4.78, 5) is 40.5. The average molecular weight is 518 g/mol. The van der Waals surface area contributed by atoms with Gasteiger partial charge in [0.15, 0.2) is 11.5 Å². The number of carbonyl (C=O) groups excluding carboxylic acids is 1. The van der Waals surface area contributed by atoms with Crippen molar-refractivity contribution < 1.29 is 19.4 Å². The number of ether oxygens (including phenoxy) is 2. The van der Waals surface area contributed by atoms with Gasteiger partial charge >= 0.3 is 5.69 Å². The highest BCUT2D eigenvalue weighted by atomic mass is 79.9. The molecule has 3 aromatic rings. The van der Waals surface area contributed by atoms with Gasteiger partial charge in [-0.15, -0.1) is 0 Å². The lowest BCUT2D eigenvalue weighted by Crippen LogP contribution is -2.42. The minimum atomic E-state index is -0.575. The summed E-state index contributed by atoms with van der Waals surface area (Å²) in [5, 5.41) is 9.60. The van der Waals surface area contributed by atoms with Crippen LogP contribution in [0.4, 0.5) is 0 Å². The molecule has 1 aliphatic heterocycles. The second-order valence-electron chi connectivity index (χ2n) is 7.84. The molecular formula is C23H24BrN3O6. The fourth-order valence-electron chi connectivity index (χ4n) is 4.29. The SMILES string of the molecule is COc1ccc(Cn2c(=O)c3cc(Br)ccc3n(C3CCN(C(=O)CO)C3)c2=O)cc1OC. The van der Waals surface area contributed by atoms with Gasteiger partial charge in [-0.1, -0.05) is 22.0 Å². The van der Waals surface area contributed by atoms with Gasteiger partial charge in [0.2, 0.25) is 5.91 Å². The molecule has 2 aromatic carbocycles. The Kier molecular flexibility index (Phi) is 6.57. The van der Waals surface area contributed by atoms with Gasteiger partial charge in [0.1, 0.15) is 6.61 Å². The van der Waals surface area contributed by atoms with Crippen LogP contribution in [0.1, 0.15) is 18.0 Å². The van der Waals surface area contributed by atoms with Crippen molar-refractivity contribution in [3.63, 3.8) is 0 Å². The Morgan fingerprint density at radius 2 is 1.88 bits per heavy atom. The number of hydrogen-bond donors (Lipinski definition) is 1. The Hall–Kier alpha value is -3.11. The minimum absolute atomic E-state index is 0.0481. The van der Waals surface area contributed by atoms with E-state index in [2.05, 4.69) is 15.9 Å². The largest absolute Gasteiger partial charge is 0.493 e. The zero-order valence-electron chi connectivity index (χ0n) is 18.3. The lowest BCUT2D eigenvalue weighted by molar-refractivity contribution is -0.133. The highest BCUT2D eigenvalue weighted by Gasteiger charge is 2.30. The van der Waals surface area contributed by atoms with E-state index in [9.17, 15) is 19.5 Å². The number of benzene rings is 2. The number of carbonyl (C=O) groups is 1. The second kappa shape index (κ2) is 9.40. The summed E-state index contributed by atoms with van der Waals surface area (Å²) in [6.07, 6.45) is 0.547. The van der Waals surface area contributed by atoms with E-state index in [0.717, 1.165) is 4.47 Å². The van der Waals surface area contributed by atoms with Crippen molar-refractivity contribution in [1.82, 2.24) is 14.0 Å². The molecule has 0 bridgehead atoms. The van der Waals surface area contributed by atoms with Crippen molar-refractivity contribution in [1.29, 1.82) is 0 Å². The Bertz CT molecular complexity index is 1330. The molecule has 1 amide bonds. The number of methoxy groups -OCH3 is 2. The van der Waals surface area contributed by atoms with Gasteiger partial charge in [-0.2, -0.15) is 0 Å². The molecule has 1 aliphatic rings. The number of hydrogen-bond acceptors (Lipinski definition) is 6. The predicted molar refractivity (Wildman–Crippen MR) is 126 cm³/mol. The lowest BCUT2D eigenvalue weighted by atomic mass is 10.1. The molecule has 1 fully saturated rings. The molecule has 9 nitrogen and oxygen atoms in total. The van der Waals surface area contributed by atoms with Crippen molar-refractivity contribution >= 4 is 32.7 Å². The Labute approximate surface area is 197 Å². The summed E-state index contributed by atoms with van der Waals surface area (Å²) in [6, 6.07) is 10.1. The normalized spacial score (nSPS) is 15.8. The quantitative estimate of drug-likeness (QED) is 0.534. The Morgan fingerprint density at radius 1 is 1.12 bits per heavy atom. The maximum absolute atomic E-state index is 13.6. The van der Waals surface area contributed by atoms with Gasteiger partial charge in [-0.25, -0.2) is 4.79 Å². The highest BCUT2D eigenvalue weighted by molar-refractivity contribution is 9.10. The van der Waals surface area contributed by atoms with Crippen LogP contribution >= 0.6 is 15.9 Å². The average Bonchev–Trinajstić information content (AvgIpc) is 3.31. The van der Waals surface area contributed by atoms with Gasteiger partial charge < -0.3 is 19.5 Å². The van der Waals surface area contributed by atoms with Crippen LogP contribution in [0.3, 0.4) is 0 Å². The van der Waals surface area contributed by atoms with Gasteiger partial charge in [0, 0.05) is 17.6 Å². The highest BCUT2D eigenvalue weighted by Crippen LogP contribution is 2.28. The smallest absolute Gasteiger partial charge is 0.332 e. The van der Waals surface area contributed by atoms with E-state index in [-0.39, 0.29) is 18.5 Å². The van der Waals surface area contributed by atoms with Crippen LogP contribution in [0.5, 0.6) is 11.5 Å². The third-order valence-electron chi connectivity index (χ3n) is 5.94. The molecule has 1 saturated heterocycles. The van der Waals surface area contributed by atoms with E-state index in [0.29, 0.717) is 47.5 Å². The van der Waals surface area contributed by atoms with Crippen LogP contribution in [0.25, 0.3) is 10.9 Å². The molecule has 2 heterocycles. The maximum atomic E-state index is 13.6. The molecule has 0 saturated carbocycles. The monoisotopic (exact) mass is 517 g/mol. The van der Waals surface area contributed by atoms with E-state index < -0.39 is 17.9 Å². The summed E-state index contributed by atoms with van der Waals surface area (Å²) >= 11 is 3.41. The van der Waals surface area contributed by atoms with Gasteiger partial charge in [0.25, 0.3) is 5.56 Å². The van der Waals surface area contributed by atoms with Crippen molar-refractivity contribution in [3.8, 4) is 11.5 Å². The molecule has 0 aliphatic carbocycles. The molecule has 33 heavy (non-hydrogen) atoms. The molecule has 1 unspecified atom stereocenters. The van der Waals surface area contributed by atoms with E-state index in [1.807, 2.05) is 0 Å². The van der Waals surface area contributed by atoms with Crippen LogP contribution in [0, 0.1) is 0 Å². The van der Waals surface area contributed by atoms with Crippen molar-refractivity contribution in [2.45, 2.75) is 19.0 Å². The van der Waals surface area contributed by atoms with Gasteiger partial charge in [-0.3, -0.25) is 18.7 Å². The number of halogens is 1.